The molecule has 0 aliphatic heterocycles. The van der Waals surface area contributed by atoms with E-state index in [1.807, 2.05) is 6.92 Å². The number of sulfonamides is 1. The Morgan fingerprint density at radius 1 is 1.35 bits per heavy atom. The number of rotatable bonds is 6. The second kappa shape index (κ2) is 6.41. The van der Waals surface area contributed by atoms with Crippen LogP contribution < -0.4 is 4.72 Å². The Kier molecular flexibility index (Phi) is 5.35. The minimum absolute atomic E-state index is 0.126. The molecule has 0 amide bonds. The summed E-state index contributed by atoms with van der Waals surface area (Å²) >= 11 is 0. The van der Waals surface area contributed by atoms with E-state index in [1.54, 1.807) is 27.7 Å². The molecule has 1 aromatic heterocycles. The van der Waals surface area contributed by atoms with Gasteiger partial charge in [-0.2, -0.15) is 0 Å². The summed E-state index contributed by atoms with van der Waals surface area (Å²) in [5, 5.41) is 0. The largest absolute Gasteiger partial charge is 0.461 e. The van der Waals surface area contributed by atoms with Gasteiger partial charge in [0.05, 0.1) is 6.61 Å². The highest BCUT2D eigenvalue weighted by atomic mass is 32.2. The number of carbonyl (C=O) groups excluding carboxylic acids is 1. The fraction of sp³-hybridized carbons (Fsp3) is 0.615. The molecule has 1 rings (SSSR count). The van der Waals surface area contributed by atoms with Crippen LogP contribution in [0.2, 0.25) is 0 Å². The van der Waals surface area contributed by atoms with Crippen LogP contribution in [0.25, 0.3) is 0 Å². The Morgan fingerprint density at radius 2 is 1.95 bits per heavy atom. The lowest BCUT2D eigenvalue weighted by Crippen LogP contribution is -2.32. The fourth-order valence-electron chi connectivity index (χ4n) is 1.95. The molecule has 1 heterocycles. The maximum Gasteiger partial charge on any atom is 0.355 e. The van der Waals surface area contributed by atoms with Gasteiger partial charge in [-0.3, -0.25) is 0 Å². The molecule has 0 fully saturated rings. The molecule has 0 radical (unpaired) electrons. The molecule has 0 unspecified atom stereocenters. The van der Waals surface area contributed by atoms with Crippen molar-refractivity contribution in [3.8, 4) is 0 Å². The molecule has 0 bridgehead atoms. The predicted octanol–water partition coefficient (Wildman–Crippen LogP) is 1.89. The zero-order valence-electron chi connectivity index (χ0n) is 12.5. The molecule has 1 atom stereocenters. The second-order valence-corrected chi connectivity index (χ2v) is 6.38. The molecule has 2 N–H and O–H groups in total. The summed E-state index contributed by atoms with van der Waals surface area (Å²) < 4.78 is 32.2. The number of H-pyrrole nitrogens is 1. The number of aromatic amines is 1. The maximum atomic E-state index is 12.4. The highest BCUT2D eigenvalue weighted by Crippen LogP contribution is 2.24. The molecule has 0 spiro atoms. The summed E-state index contributed by atoms with van der Waals surface area (Å²) in [5.41, 5.74) is 1.01. The summed E-state index contributed by atoms with van der Waals surface area (Å²) in [6.45, 7) is 8.85. The molecule has 1 aromatic rings. The zero-order valence-corrected chi connectivity index (χ0v) is 13.3. The first-order valence-electron chi connectivity index (χ1n) is 6.63. The van der Waals surface area contributed by atoms with Crippen LogP contribution in [0.4, 0.5) is 0 Å². The highest BCUT2D eigenvalue weighted by Gasteiger charge is 2.27. The highest BCUT2D eigenvalue weighted by molar-refractivity contribution is 7.89. The monoisotopic (exact) mass is 302 g/mol. The molecule has 7 heteroatoms. The van der Waals surface area contributed by atoms with E-state index < -0.39 is 16.0 Å². The number of hydrogen-bond donors (Lipinski definition) is 2. The number of carbonyl (C=O) groups is 1. The van der Waals surface area contributed by atoms with Crippen molar-refractivity contribution >= 4 is 16.0 Å². The number of esters is 1. The lowest BCUT2D eigenvalue weighted by Gasteiger charge is -2.12. The van der Waals surface area contributed by atoms with Crippen molar-refractivity contribution in [3.05, 3.63) is 17.0 Å². The first-order valence-corrected chi connectivity index (χ1v) is 8.11. The Morgan fingerprint density at radius 3 is 2.45 bits per heavy atom. The molecule has 6 nitrogen and oxygen atoms in total. The van der Waals surface area contributed by atoms with Crippen LogP contribution in [0.15, 0.2) is 4.90 Å². The topological polar surface area (TPSA) is 88.3 Å². The number of aromatic nitrogens is 1. The van der Waals surface area contributed by atoms with Gasteiger partial charge in [-0.1, -0.05) is 6.92 Å². The molecule has 0 saturated carbocycles. The van der Waals surface area contributed by atoms with Crippen LogP contribution >= 0.6 is 0 Å². The van der Waals surface area contributed by atoms with Crippen molar-refractivity contribution in [1.82, 2.24) is 9.71 Å². The molecule has 0 aromatic carbocycles. The van der Waals surface area contributed by atoms with Gasteiger partial charge in [0.1, 0.15) is 10.6 Å². The van der Waals surface area contributed by atoms with E-state index >= 15 is 0 Å². The lowest BCUT2D eigenvalue weighted by atomic mass is 10.2. The van der Waals surface area contributed by atoms with Crippen molar-refractivity contribution in [2.24, 2.45) is 0 Å². The first kappa shape index (κ1) is 16.7. The van der Waals surface area contributed by atoms with Gasteiger partial charge in [0.25, 0.3) is 0 Å². The Labute approximate surface area is 120 Å². The van der Waals surface area contributed by atoms with Gasteiger partial charge >= 0.3 is 5.97 Å². The number of ether oxygens (including phenoxy) is 1. The summed E-state index contributed by atoms with van der Waals surface area (Å²) in [5.74, 6) is -0.543. The van der Waals surface area contributed by atoms with E-state index in [2.05, 4.69) is 9.71 Å². The average Bonchev–Trinajstić information content (AvgIpc) is 2.65. The summed E-state index contributed by atoms with van der Waals surface area (Å²) in [6, 6.07) is -0.167. The molecular formula is C13H22N2O4S. The maximum absolute atomic E-state index is 12.4. The van der Waals surface area contributed by atoms with Gasteiger partial charge in [0, 0.05) is 17.3 Å². The fourth-order valence-corrected chi connectivity index (χ4v) is 3.72. The van der Waals surface area contributed by atoms with E-state index in [4.69, 9.17) is 4.74 Å². The first-order chi connectivity index (χ1) is 9.24. The summed E-state index contributed by atoms with van der Waals surface area (Å²) in [7, 11) is -3.65. The molecular weight excluding hydrogens is 280 g/mol. The summed E-state index contributed by atoms with van der Waals surface area (Å²) in [4.78, 5) is 14.7. The standard InChI is InChI=1S/C13H22N2O4S/c1-6-8(3)15-20(17,18)12-9(4)11(14-10(12)5)13(16)19-7-2/h8,14-15H,6-7H2,1-5H3/t8-/m1/s1. The van der Waals surface area contributed by atoms with Gasteiger partial charge in [0.2, 0.25) is 10.0 Å². The van der Waals surface area contributed by atoms with Crippen LogP contribution in [0.3, 0.4) is 0 Å². The zero-order chi connectivity index (χ0) is 15.5. The van der Waals surface area contributed by atoms with E-state index in [0.717, 1.165) is 0 Å². The Bertz CT molecular complexity index is 590. The predicted molar refractivity (Wildman–Crippen MR) is 76.3 cm³/mol. The van der Waals surface area contributed by atoms with Crippen molar-refractivity contribution in [2.75, 3.05) is 6.61 Å². The van der Waals surface area contributed by atoms with Crippen molar-refractivity contribution in [3.63, 3.8) is 0 Å². The number of nitrogens with one attached hydrogen (secondary N) is 2. The third kappa shape index (κ3) is 3.40. The third-order valence-corrected chi connectivity index (χ3v) is 4.95. The minimum atomic E-state index is -3.65. The smallest absolute Gasteiger partial charge is 0.355 e. The van der Waals surface area contributed by atoms with Crippen molar-refractivity contribution < 1.29 is 17.9 Å². The van der Waals surface area contributed by atoms with Crippen LogP contribution in [-0.2, 0) is 14.8 Å². The molecule has 114 valence electrons. The second-order valence-electron chi connectivity index (χ2n) is 4.73. The van der Waals surface area contributed by atoms with E-state index in [0.29, 0.717) is 17.7 Å². The van der Waals surface area contributed by atoms with Gasteiger partial charge in [-0.05, 0) is 34.1 Å². The van der Waals surface area contributed by atoms with Gasteiger partial charge in [-0.15, -0.1) is 0 Å². The Hall–Kier alpha value is -1.34. The molecule has 0 aliphatic rings. The van der Waals surface area contributed by atoms with Crippen LogP contribution in [0.5, 0.6) is 0 Å². The lowest BCUT2D eigenvalue weighted by molar-refractivity contribution is 0.0519. The van der Waals surface area contributed by atoms with Gasteiger partial charge < -0.3 is 9.72 Å². The SMILES string of the molecule is CCOC(=O)c1[nH]c(C)c(S(=O)(=O)N[C@H](C)CC)c1C. The Balaban J connectivity index is 3.23. The van der Waals surface area contributed by atoms with Crippen molar-refractivity contribution in [1.29, 1.82) is 0 Å². The van der Waals surface area contributed by atoms with Crippen LogP contribution in [0, 0.1) is 13.8 Å². The van der Waals surface area contributed by atoms with Gasteiger partial charge in [0.15, 0.2) is 0 Å². The normalized spacial score (nSPS) is 13.2. The van der Waals surface area contributed by atoms with E-state index in [1.165, 1.54) is 0 Å². The van der Waals surface area contributed by atoms with Gasteiger partial charge in [-0.25, -0.2) is 17.9 Å². The third-order valence-electron chi connectivity index (χ3n) is 3.09. The summed E-state index contributed by atoms with van der Waals surface area (Å²) in [6.07, 6.45) is 0.687. The minimum Gasteiger partial charge on any atom is -0.461 e. The van der Waals surface area contributed by atoms with Crippen molar-refractivity contribution in [2.45, 2.75) is 52.0 Å². The van der Waals surface area contributed by atoms with Crippen LogP contribution in [0.1, 0.15) is 48.9 Å². The molecule has 20 heavy (non-hydrogen) atoms. The number of aryl methyl sites for hydroxylation is 1. The quantitative estimate of drug-likeness (QED) is 0.785. The average molecular weight is 302 g/mol. The number of hydrogen-bond acceptors (Lipinski definition) is 4. The van der Waals surface area contributed by atoms with Crippen LogP contribution in [-0.4, -0.2) is 32.0 Å². The van der Waals surface area contributed by atoms with E-state index in [-0.39, 0.29) is 23.2 Å². The molecule has 0 saturated heterocycles. The molecule has 0 aliphatic carbocycles. The van der Waals surface area contributed by atoms with E-state index in [9.17, 15) is 13.2 Å².